The first-order valence-electron chi connectivity index (χ1n) is 6.24. The lowest BCUT2D eigenvalue weighted by Gasteiger charge is -2.11. The van der Waals surface area contributed by atoms with Crippen LogP contribution >= 0.6 is 0 Å². The van der Waals surface area contributed by atoms with Gasteiger partial charge in [0.05, 0.1) is 5.56 Å². The fourth-order valence-corrected chi connectivity index (χ4v) is 2.13. The molecule has 0 aliphatic heterocycles. The average Bonchev–Trinajstić information content (AvgIpc) is 2.95. The standard InChI is InChI=1S/C14H15F4NO/c1-13(2)6-10(13)12(20)19-7-8-3-4-11(15)9(5-8)14(16,17)18/h3-5,10H,6-7H2,1-2H3,(H,19,20)/t10-/m1/s1. The number of carbonyl (C=O) groups excluding carboxylic acids is 1. The number of nitrogens with one attached hydrogen (secondary N) is 1. The minimum Gasteiger partial charge on any atom is -0.352 e. The molecule has 1 aromatic rings. The highest BCUT2D eigenvalue weighted by molar-refractivity contribution is 5.82. The van der Waals surface area contributed by atoms with Crippen LogP contribution in [0.5, 0.6) is 0 Å². The van der Waals surface area contributed by atoms with Gasteiger partial charge >= 0.3 is 6.18 Å². The predicted molar refractivity (Wildman–Crippen MR) is 65.1 cm³/mol. The number of carbonyl (C=O) groups is 1. The molecule has 6 heteroatoms. The van der Waals surface area contributed by atoms with Crippen molar-refractivity contribution in [2.45, 2.75) is 33.0 Å². The Morgan fingerprint density at radius 3 is 2.50 bits per heavy atom. The molecule has 1 aromatic carbocycles. The Kier molecular flexibility index (Phi) is 3.52. The van der Waals surface area contributed by atoms with Gasteiger partial charge in [0.2, 0.25) is 5.91 Å². The minimum absolute atomic E-state index is 0.0330. The van der Waals surface area contributed by atoms with Crippen LogP contribution < -0.4 is 5.32 Å². The molecule has 1 N–H and O–H groups in total. The van der Waals surface area contributed by atoms with Gasteiger partial charge in [-0.15, -0.1) is 0 Å². The number of rotatable bonds is 3. The molecule has 1 aliphatic rings. The summed E-state index contributed by atoms with van der Waals surface area (Å²) in [6.45, 7) is 3.88. The molecule has 2 rings (SSSR count). The van der Waals surface area contributed by atoms with Crippen molar-refractivity contribution in [1.82, 2.24) is 5.32 Å². The number of hydrogen-bond donors (Lipinski definition) is 1. The molecule has 2 nitrogen and oxygen atoms in total. The Balaban J connectivity index is 2.02. The van der Waals surface area contributed by atoms with E-state index in [1.54, 1.807) is 0 Å². The van der Waals surface area contributed by atoms with Gasteiger partial charge in [0.1, 0.15) is 5.82 Å². The van der Waals surface area contributed by atoms with E-state index in [4.69, 9.17) is 0 Å². The molecule has 0 unspecified atom stereocenters. The molecule has 0 saturated heterocycles. The molecule has 1 fully saturated rings. The maximum absolute atomic E-state index is 13.1. The summed E-state index contributed by atoms with van der Waals surface area (Å²) in [6.07, 6.45) is -3.96. The molecular weight excluding hydrogens is 274 g/mol. The van der Waals surface area contributed by atoms with Crippen molar-refractivity contribution in [3.8, 4) is 0 Å². The van der Waals surface area contributed by atoms with Crippen LogP contribution in [0.25, 0.3) is 0 Å². The van der Waals surface area contributed by atoms with E-state index < -0.39 is 17.6 Å². The molecular formula is C14H15F4NO. The summed E-state index contributed by atoms with van der Waals surface area (Å²) in [5.41, 5.74) is -1.12. The van der Waals surface area contributed by atoms with E-state index in [9.17, 15) is 22.4 Å². The van der Waals surface area contributed by atoms with Gasteiger partial charge in [-0.1, -0.05) is 19.9 Å². The van der Waals surface area contributed by atoms with Gasteiger partial charge in [-0.25, -0.2) is 4.39 Å². The SMILES string of the molecule is CC1(C)C[C@@H]1C(=O)NCc1ccc(F)c(C(F)(F)F)c1. The number of benzene rings is 1. The highest BCUT2D eigenvalue weighted by Crippen LogP contribution is 2.51. The summed E-state index contributed by atoms with van der Waals surface area (Å²) >= 11 is 0. The van der Waals surface area contributed by atoms with Crippen molar-refractivity contribution in [1.29, 1.82) is 0 Å². The largest absolute Gasteiger partial charge is 0.419 e. The fraction of sp³-hybridized carbons (Fsp3) is 0.500. The monoisotopic (exact) mass is 289 g/mol. The quantitative estimate of drug-likeness (QED) is 0.848. The molecule has 0 heterocycles. The van der Waals surface area contributed by atoms with E-state index in [1.165, 1.54) is 6.07 Å². The van der Waals surface area contributed by atoms with Crippen molar-refractivity contribution < 1.29 is 22.4 Å². The van der Waals surface area contributed by atoms with Crippen LogP contribution in [0, 0.1) is 17.2 Å². The summed E-state index contributed by atoms with van der Waals surface area (Å²) in [5, 5.41) is 2.59. The molecule has 1 aliphatic carbocycles. The van der Waals surface area contributed by atoms with Crippen molar-refractivity contribution in [3.05, 3.63) is 35.1 Å². The highest BCUT2D eigenvalue weighted by atomic mass is 19.4. The van der Waals surface area contributed by atoms with E-state index in [2.05, 4.69) is 5.32 Å². The Morgan fingerprint density at radius 1 is 1.40 bits per heavy atom. The Morgan fingerprint density at radius 2 is 2.00 bits per heavy atom. The van der Waals surface area contributed by atoms with Gasteiger partial charge in [0.15, 0.2) is 0 Å². The zero-order chi connectivity index (χ0) is 15.1. The number of alkyl halides is 3. The van der Waals surface area contributed by atoms with Gasteiger partial charge < -0.3 is 5.32 Å². The maximum Gasteiger partial charge on any atom is 0.419 e. The van der Waals surface area contributed by atoms with Crippen molar-refractivity contribution >= 4 is 5.91 Å². The maximum atomic E-state index is 13.1. The molecule has 0 spiro atoms. The molecule has 0 bridgehead atoms. The molecule has 1 saturated carbocycles. The summed E-state index contributed by atoms with van der Waals surface area (Å²) < 4.78 is 50.7. The first-order valence-corrected chi connectivity index (χ1v) is 6.24. The van der Waals surface area contributed by atoms with Crippen LogP contribution in [0.15, 0.2) is 18.2 Å². The second-order valence-corrected chi connectivity index (χ2v) is 5.78. The summed E-state index contributed by atoms with van der Waals surface area (Å²) in [5.74, 6) is -1.58. The average molecular weight is 289 g/mol. The first kappa shape index (κ1) is 14.8. The lowest BCUT2D eigenvalue weighted by molar-refractivity contribution is -0.140. The van der Waals surface area contributed by atoms with Gasteiger partial charge in [0.25, 0.3) is 0 Å². The second kappa shape index (κ2) is 4.75. The van der Waals surface area contributed by atoms with E-state index in [0.29, 0.717) is 0 Å². The number of halogens is 4. The van der Waals surface area contributed by atoms with Gasteiger partial charge in [-0.05, 0) is 29.5 Å². The van der Waals surface area contributed by atoms with E-state index in [1.807, 2.05) is 13.8 Å². The van der Waals surface area contributed by atoms with Crippen LogP contribution in [0.2, 0.25) is 0 Å². The van der Waals surface area contributed by atoms with E-state index in [-0.39, 0.29) is 29.3 Å². The second-order valence-electron chi connectivity index (χ2n) is 5.78. The van der Waals surface area contributed by atoms with Gasteiger partial charge in [-0.3, -0.25) is 4.79 Å². The van der Waals surface area contributed by atoms with Crippen LogP contribution in [-0.4, -0.2) is 5.91 Å². The predicted octanol–water partition coefficient (Wildman–Crippen LogP) is 3.51. The zero-order valence-electron chi connectivity index (χ0n) is 11.1. The Bertz CT molecular complexity index is 536. The topological polar surface area (TPSA) is 29.1 Å². The molecule has 20 heavy (non-hydrogen) atoms. The molecule has 1 atom stereocenters. The van der Waals surface area contributed by atoms with E-state index in [0.717, 1.165) is 18.6 Å². The first-order chi connectivity index (χ1) is 9.11. The van der Waals surface area contributed by atoms with Crippen LogP contribution in [0.4, 0.5) is 17.6 Å². The number of hydrogen-bond acceptors (Lipinski definition) is 1. The van der Waals surface area contributed by atoms with Crippen LogP contribution in [0.3, 0.4) is 0 Å². The summed E-state index contributed by atoms with van der Waals surface area (Å²) in [6, 6.07) is 2.74. The van der Waals surface area contributed by atoms with Gasteiger partial charge in [-0.2, -0.15) is 13.2 Å². The van der Waals surface area contributed by atoms with Crippen molar-refractivity contribution in [2.75, 3.05) is 0 Å². The normalized spacial score (nSPS) is 20.6. The Labute approximate surface area is 114 Å². The molecule has 0 aromatic heterocycles. The molecule has 1 amide bonds. The zero-order valence-corrected chi connectivity index (χ0v) is 11.1. The van der Waals surface area contributed by atoms with Crippen molar-refractivity contribution in [3.63, 3.8) is 0 Å². The smallest absolute Gasteiger partial charge is 0.352 e. The molecule has 0 radical (unpaired) electrons. The third kappa shape index (κ3) is 3.11. The highest BCUT2D eigenvalue weighted by Gasteiger charge is 2.50. The van der Waals surface area contributed by atoms with Crippen LogP contribution in [0.1, 0.15) is 31.4 Å². The Hall–Kier alpha value is -1.59. The third-order valence-electron chi connectivity index (χ3n) is 3.63. The van der Waals surface area contributed by atoms with E-state index >= 15 is 0 Å². The van der Waals surface area contributed by atoms with Gasteiger partial charge in [0, 0.05) is 12.5 Å². The minimum atomic E-state index is -4.73. The fourth-order valence-electron chi connectivity index (χ4n) is 2.13. The summed E-state index contributed by atoms with van der Waals surface area (Å²) in [7, 11) is 0. The third-order valence-corrected chi connectivity index (χ3v) is 3.63. The summed E-state index contributed by atoms with van der Waals surface area (Å²) in [4.78, 5) is 11.7. The number of amides is 1. The lowest BCUT2D eigenvalue weighted by atomic mass is 10.1. The molecule has 110 valence electrons. The van der Waals surface area contributed by atoms with Crippen molar-refractivity contribution in [2.24, 2.45) is 11.3 Å². The lowest BCUT2D eigenvalue weighted by Crippen LogP contribution is -2.26. The van der Waals surface area contributed by atoms with Crippen LogP contribution in [-0.2, 0) is 17.5 Å².